The van der Waals surface area contributed by atoms with Gasteiger partial charge in [0.1, 0.15) is 0 Å². The quantitative estimate of drug-likeness (QED) is 0.847. The van der Waals surface area contributed by atoms with Crippen LogP contribution in [-0.2, 0) is 11.0 Å². The van der Waals surface area contributed by atoms with Gasteiger partial charge in [-0.1, -0.05) is 6.08 Å². The SMILES string of the molecule is CS(=O)N1CC=C(c2cc3c(N4CCCCC4)ccc(C(N)=O)c3[nH]2)CC1. The number of anilines is 1. The van der Waals surface area contributed by atoms with Gasteiger partial charge in [-0.25, -0.2) is 8.51 Å². The van der Waals surface area contributed by atoms with Crippen molar-refractivity contribution in [2.45, 2.75) is 25.7 Å². The normalized spacial score (nSPS) is 19.9. The Morgan fingerprint density at radius 2 is 1.96 bits per heavy atom. The predicted molar refractivity (Wildman–Crippen MR) is 111 cm³/mol. The molecule has 2 aliphatic heterocycles. The Morgan fingerprint density at radius 3 is 2.59 bits per heavy atom. The summed E-state index contributed by atoms with van der Waals surface area (Å²) >= 11 is 0. The molecule has 6 nitrogen and oxygen atoms in total. The minimum atomic E-state index is -0.944. The van der Waals surface area contributed by atoms with Crippen molar-refractivity contribution in [3.05, 3.63) is 35.5 Å². The molecule has 1 amide bonds. The Kier molecular flexibility index (Phi) is 5.06. The van der Waals surface area contributed by atoms with Gasteiger partial charge in [0.2, 0.25) is 0 Å². The topological polar surface area (TPSA) is 82.4 Å². The summed E-state index contributed by atoms with van der Waals surface area (Å²) in [5.74, 6) is -0.413. The molecule has 0 radical (unpaired) electrons. The first-order valence-electron chi connectivity index (χ1n) is 9.53. The van der Waals surface area contributed by atoms with E-state index in [9.17, 15) is 9.00 Å². The number of H-pyrrole nitrogens is 1. The number of aromatic nitrogens is 1. The molecule has 27 heavy (non-hydrogen) atoms. The van der Waals surface area contributed by atoms with Gasteiger partial charge in [-0.15, -0.1) is 0 Å². The molecule has 0 spiro atoms. The van der Waals surface area contributed by atoms with Gasteiger partial charge in [0, 0.05) is 49.2 Å². The summed E-state index contributed by atoms with van der Waals surface area (Å²) in [6.07, 6.45) is 8.35. The molecule has 3 heterocycles. The zero-order valence-electron chi connectivity index (χ0n) is 15.7. The number of rotatable bonds is 4. The van der Waals surface area contributed by atoms with Crippen LogP contribution in [0.1, 0.15) is 41.7 Å². The average molecular weight is 387 g/mol. The highest BCUT2D eigenvalue weighted by Crippen LogP contribution is 2.34. The van der Waals surface area contributed by atoms with E-state index in [0.717, 1.165) is 42.7 Å². The molecule has 1 aromatic heterocycles. The van der Waals surface area contributed by atoms with E-state index in [1.54, 1.807) is 6.26 Å². The molecule has 2 aromatic rings. The molecule has 1 fully saturated rings. The van der Waals surface area contributed by atoms with Gasteiger partial charge < -0.3 is 15.6 Å². The molecule has 0 bridgehead atoms. The molecule has 0 aliphatic carbocycles. The second-order valence-electron chi connectivity index (χ2n) is 7.31. The van der Waals surface area contributed by atoms with Crippen LogP contribution < -0.4 is 10.6 Å². The van der Waals surface area contributed by atoms with Crippen molar-refractivity contribution >= 4 is 39.1 Å². The first-order chi connectivity index (χ1) is 13.0. The number of primary amides is 1. The average Bonchev–Trinajstić information content (AvgIpc) is 3.13. The van der Waals surface area contributed by atoms with Crippen LogP contribution in [-0.4, -0.2) is 51.8 Å². The minimum absolute atomic E-state index is 0.413. The van der Waals surface area contributed by atoms with Gasteiger partial charge in [0.05, 0.1) is 22.1 Å². The first kappa shape index (κ1) is 18.3. The number of hydrogen-bond donors (Lipinski definition) is 2. The van der Waals surface area contributed by atoms with E-state index >= 15 is 0 Å². The van der Waals surface area contributed by atoms with Gasteiger partial charge in [0.15, 0.2) is 0 Å². The van der Waals surface area contributed by atoms with Gasteiger partial charge in [-0.05, 0) is 49.5 Å². The summed E-state index contributed by atoms with van der Waals surface area (Å²) in [5.41, 5.74) is 10.4. The molecule has 3 N–H and O–H groups in total. The Morgan fingerprint density at radius 1 is 1.19 bits per heavy atom. The number of nitrogens with one attached hydrogen (secondary N) is 1. The first-order valence-corrected chi connectivity index (χ1v) is 11.0. The molecule has 0 saturated carbocycles. The second kappa shape index (κ2) is 7.48. The molecule has 144 valence electrons. The van der Waals surface area contributed by atoms with Gasteiger partial charge in [-0.2, -0.15) is 0 Å². The number of piperidine rings is 1. The Hall–Kier alpha value is -2.12. The molecular formula is C20H26N4O2S. The standard InChI is InChI=1S/C20H26N4O2S/c1-27(26)24-11-7-14(8-12-24)17-13-16-18(23-9-3-2-4-10-23)6-5-15(20(21)25)19(16)22-17/h5-7,13,22H,2-4,8-12H2,1H3,(H2,21,25). The summed E-state index contributed by atoms with van der Waals surface area (Å²) in [5, 5.41) is 1.06. The van der Waals surface area contributed by atoms with Crippen LogP contribution in [0.25, 0.3) is 16.5 Å². The van der Waals surface area contributed by atoms with E-state index in [4.69, 9.17) is 5.73 Å². The third-order valence-corrected chi connectivity index (χ3v) is 6.67. The van der Waals surface area contributed by atoms with Crippen molar-refractivity contribution in [2.75, 3.05) is 37.3 Å². The summed E-state index contributed by atoms with van der Waals surface area (Å²) in [4.78, 5) is 17.8. The van der Waals surface area contributed by atoms with Crippen LogP contribution in [0.2, 0.25) is 0 Å². The fraction of sp³-hybridized carbons (Fsp3) is 0.450. The third kappa shape index (κ3) is 3.53. The zero-order chi connectivity index (χ0) is 19.0. The number of hydrogen-bond acceptors (Lipinski definition) is 3. The molecule has 1 unspecified atom stereocenters. The fourth-order valence-electron chi connectivity index (χ4n) is 4.12. The van der Waals surface area contributed by atoms with Gasteiger partial charge in [0.25, 0.3) is 5.91 Å². The lowest BCUT2D eigenvalue weighted by Gasteiger charge is -2.29. The largest absolute Gasteiger partial charge is 0.371 e. The maximum absolute atomic E-state index is 11.9. The number of carbonyl (C=O) groups is 1. The van der Waals surface area contributed by atoms with Gasteiger partial charge in [-0.3, -0.25) is 4.79 Å². The highest BCUT2D eigenvalue weighted by molar-refractivity contribution is 7.81. The molecule has 1 saturated heterocycles. The molecule has 2 aliphatic rings. The van der Waals surface area contributed by atoms with Crippen LogP contribution >= 0.6 is 0 Å². The van der Waals surface area contributed by atoms with E-state index in [2.05, 4.69) is 22.0 Å². The highest BCUT2D eigenvalue weighted by Gasteiger charge is 2.21. The van der Waals surface area contributed by atoms with Crippen molar-refractivity contribution < 1.29 is 9.00 Å². The Bertz CT molecular complexity index is 927. The van der Waals surface area contributed by atoms with Crippen LogP contribution in [0.3, 0.4) is 0 Å². The smallest absolute Gasteiger partial charge is 0.250 e. The van der Waals surface area contributed by atoms with E-state index in [-0.39, 0.29) is 0 Å². The van der Waals surface area contributed by atoms with Crippen LogP contribution in [0, 0.1) is 0 Å². The summed E-state index contributed by atoms with van der Waals surface area (Å²) < 4.78 is 13.6. The van der Waals surface area contributed by atoms with E-state index in [1.165, 1.54) is 30.5 Å². The lowest BCUT2D eigenvalue weighted by atomic mass is 10.0. The Balaban J connectivity index is 1.76. The maximum atomic E-state index is 11.9. The van der Waals surface area contributed by atoms with Crippen molar-refractivity contribution in [3.8, 4) is 0 Å². The number of carbonyl (C=O) groups excluding carboxylic acids is 1. The van der Waals surface area contributed by atoms with Crippen molar-refractivity contribution in [2.24, 2.45) is 5.73 Å². The number of amides is 1. The van der Waals surface area contributed by atoms with Crippen LogP contribution in [0.5, 0.6) is 0 Å². The van der Waals surface area contributed by atoms with E-state index in [1.807, 2.05) is 16.4 Å². The van der Waals surface area contributed by atoms with Crippen molar-refractivity contribution in [1.82, 2.24) is 9.29 Å². The fourth-order valence-corrected chi connectivity index (χ4v) is 4.75. The summed E-state index contributed by atoms with van der Waals surface area (Å²) in [6.45, 7) is 3.54. The van der Waals surface area contributed by atoms with Crippen LogP contribution in [0.4, 0.5) is 5.69 Å². The molecule has 1 atom stereocenters. The molecule has 4 rings (SSSR count). The zero-order valence-corrected chi connectivity index (χ0v) is 16.5. The van der Waals surface area contributed by atoms with Crippen molar-refractivity contribution in [1.29, 1.82) is 0 Å². The second-order valence-corrected chi connectivity index (χ2v) is 8.67. The number of benzene rings is 1. The molecule has 7 heteroatoms. The molecule has 1 aromatic carbocycles. The summed E-state index contributed by atoms with van der Waals surface area (Å²) in [7, 11) is -0.944. The third-order valence-electron chi connectivity index (χ3n) is 5.61. The lowest BCUT2D eigenvalue weighted by Crippen LogP contribution is -2.29. The molecular weight excluding hydrogens is 360 g/mol. The number of nitrogens with two attached hydrogens (primary N) is 1. The number of fused-ring (bicyclic) bond motifs is 1. The lowest BCUT2D eigenvalue weighted by molar-refractivity contribution is 0.100. The number of aromatic amines is 1. The van der Waals surface area contributed by atoms with Gasteiger partial charge >= 0.3 is 0 Å². The maximum Gasteiger partial charge on any atom is 0.250 e. The summed E-state index contributed by atoms with van der Waals surface area (Å²) in [6, 6.07) is 6.02. The highest BCUT2D eigenvalue weighted by atomic mass is 32.2. The van der Waals surface area contributed by atoms with E-state index < -0.39 is 16.9 Å². The van der Waals surface area contributed by atoms with E-state index in [0.29, 0.717) is 12.1 Å². The predicted octanol–water partition coefficient (Wildman–Crippen LogP) is 2.64. The monoisotopic (exact) mass is 386 g/mol. The van der Waals surface area contributed by atoms with Crippen LogP contribution in [0.15, 0.2) is 24.3 Å². The number of nitrogens with zero attached hydrogens (tertiary/aromatic N) is 2. The Labute approximate surface area is 162 Å². The minimum Gasteiger partial charge on any atom is -0.371 e. The van der Waals surface area contributed by atoms with Crippen molar-refractivity contribution in [3.63, 3.8) is 0 Å².